The molecule has 0 saturated heterocycles. The molecule has 0 saturated carbocycles. The van der Waals surface area contributed by atoms with Crippen molar-refractivity contribution in [3.05, 3.63) is 57.8 Å². The zero-order valence-electron chi connectivity index (χ0n) is 11.4. The molecule has 0 aliphatic rings. The first-order valence-electron chi connectivity index (χ1n) is 6.42. The summed E-state index contributed by atoms with van der Waals surface area (Å²) in [4.78, 5) is 1.11. The second kappa shape index (κ2) is 6.17. The molecule has 2 rings (SSSR count). The van der Waals surface area contributed by atoms with Gasteiger partial charge in [-0.15, -0.1) is 11.3 Å². The van der Waals surface area contributed by atoms with Gasteiger partial charge in [-0.25, -0.2) is 0 Å². The summed E-state index contributed by atoms with van der Waals surface area (Å²) in [5.74, 6) is 0. The molecule has 1 unspecified atom stereocenters. The van der Waals surface area contributed by atoms with Crippen LogP contribution in [0.4, 0.5) is 13.2 Å². The van der Waals surface area contributed by atoms with Gasteiger partial charge in [0.2, 0.25) is 0 Å². The molecule has 1 heterocycles. The highest BCUT2D eigenvalue weighted by molar-refractivity contribution is 7.09. The molecule has 0 radical (unpaired) electrons. The minimum absolute atomic E-state index is 0.173. The van der Waals surface area contributed by atoms with Crippen molar-refractivity contribution in [3.63, 3.8) is 0 Å². The van der Waals surface area contributed by atoms with Crippen LogP contribution in [0.25, 0.3) is 0 Å². The van der Waals surface area contributed by atoms with Gasteiger partial charge < -0.3 is 10.4 Å². The van der Waals surface area contributed by atoms with E-state index in [1.165, 1.54) is 19.1 Å². The first-order chi connectivity index (χ1) is 9.79. The molecule has 2 nitrogen and oxygen atoms in total. The van der Waals surface area contributed by atoms with E-state index in [1.807, 2.05) is 17.5 Å². The van der Waals surface area contributed by atoms with Crippen LogP contribution in [0.3, 0.4) is 0 Å². The van der Waals surface area contributed by atoms with Gasteiger partial charge >= 0.3 is 6.18 Å². The van der Waals surface area contributed by atoms with Gasteiger partial charge in [0.05, 0.1) is 11.2 Å². The van der Waals surface area contributed by atoms with Crippen LogP contribution in [0.2, 0.25) is 0 Å². The van der Waals surface area contributed by atoms with Crippen LogP contribution in [0.1, 0.15) is 22.9 Å². The van der Waals surface area contributed by atoms with E-state index in [9.17, 15) is 18.3 Å². The Bertz CT molecular complexity index is 579. The summed E-state index contributed by atoms with van der Waals surface area (Å²) in [6.07, 6.45) is -4.41. The molecule has 21 heavy (non-hydrogen) atoms. The van der Waals surface area contributed by atoms with Crippen LogP contribution in [-0.2, 0) is 18.3 Å². The van der Waals surface area contributed by atoms with Gasteiger partial charge in [0, 0.05) is 18.0 Å². The molecule has 0 aliphatic heterocycles. The van der Waals surface area contributed by atoms with E-state index in [2.05, 4.69) is 5.32 Å². The van der Waals surface area contributed by atoms with E-state index in [0.717, 1.165) is 17.0 Å². The average molecular weight is 315 g/mol. The smallest absolute Gasteiger partial charge is 0.384 e. The van der Waals surface area contributed by atoms with Crippen LogP contribution >= 0.6 is 11.3 Å². The third-order valence-electron chi connectivity index (χ3n) is 3.16. The third kappa shape index (κ3) is 4.30. The lowest BCUT2D eigenvalue weighted by molar-refractivity contribution is -0.137. The summed E-state index contributed by atoms with van der Waals surface area (Å²) in [5, 5.41) is 15.4. The molecule has 1 aromatic carbocycles. The Morgan fingerprint density at radius 1 is 1.14 bits per heavy atom. The number of hydrogen-bond donors (Lipinski definition) is 2. The highest BCUT2D eigenvalue weighted by Crippen LogP contribution is 2.32. The van der Waals surface area contributed by atoms with E-state index in [-0.39, 0.29) is 12.1 Å². The van der Waals surface area contributed by atoms with Crippen molar-refractivity contribution in [2.24, 2.45) is 0 Å². The van der Waals surface area contributed by atoms with E-state index >= 15 is 0 Å². The zero-order chi connectivity index (χ0) is 15.5. The number of thiophene rings is 1. The molecule has 2 N–H and O–H groups in total. The number of nitrogens with one attached hydrogen (secondary N) is 1. The van der Waals surface area contributed by atoms with Crippen LogP contribution < -0.4 is 5.32 Å². The predicted octanol–water partition coefficient (Wildman–Crippen LogP) is 3.76. The standard InChI is InChI=1S/C15H16F3NOS/c1-14(20,10-19-9-13-6-3-7-21-13)11-4-2-5-12(8-11)15(16,17)18/h2-8,19-20H,9-10H2,1H3. The minimum atomic E-state index is -4.41. The van der Waals surface area contributed by atoms with Gasteiger partial charge in [-0.2, -0.15) is 13.2 Å². The van der Waals surface area contributed by atoms with E-state index < -0.39 is 17.3 Å². The number of halogens is 3. The lowest BCUT2D eigenvalue weighted by Crippen LogP contribution is -2.35. The highest BCUT2D eigenvalue weighted by atomic mass is 32.1. The topological polar surface area (TPSA) is 32.3 Å². The van der Waals surface area contributed by atoms with Crippen molar-refractivity contribution in [2.45, 2.75) is 25.2 Å². The average Bonchev–Trinajstić information content (AvgIpc) is 2.91. The Balaban J connectivity index is 2.04. The minimum Gasteiger partial charge on any atom is -0.384 e. The Kier molecular flexibility index (Phi) is 4.70. The van der Waals surface area contributed by atoms with Gasteiger partial charge in [-0.05, 0) is 36.1 Å². The van der Waals surface area contributed by atoms with Gasteiger partial charge in [0.1, 0.15) is 0 Å². The largest absolute Gasteiger partial charge is 0.416 e. The Morgan fingerprint density at radius 2 is 1.86 bits per heavy atom. The Hall–Kier alpha value is -1.37. The van der Waals surface area contributed by atoms with Crippen molar-refractivity contribution < 1.29 is 18.3 Å². The van der Waals surface area contributed by atoms with Crippen molar-refractivity contribution >= 4 is 11.3 Å². The second-order valence-corrected chi connectivity index (χ2v) is 6.07. The van der Waals surface area contributed by atoms with Gasteiger partial charge in [-0.3, -0.25) is 0 Å². The summed E-state index contributed by atoms with van der Waals surface area (Å²) in [5.41, 5.74) is -1.87. The van der Waals surface area contributed by atoms with Crippen LogP contribution in [0.15, 0.2) is 41.8 Å². The maximum absolute atomic E-state index is 12.7. The quantitative estimate of drug-likeness (QED) is 0.880. The van der Waals surface area contributed by atoms with E-state index in [1.54, 1.807) is 11.3 Å². The molecular formula is C15H16F3NOS. The summed E-state index contributed by atoms with van der Waals surface area (Å²) in [7, 11) is 0. The molecular weight excluding hydrogens is 299 g/mol. The molecule has 6 heteroatoms. The fourth-order valence-corrected chi connectivity index (χ4v) is 2.65. The predicted molar refractivity (Wildman–Crippen MR) is 77.0 cm³/mol. The normalized spacial score (nSPS) is 14.9. The highest BCUT2D eigenvalue weighted by Gasteiger charge is 2.32. The summed E-state index contributed by atoms with van der Waals surface area (Å²) >= 11 is 1.58. The number of aliphatic hydroxyl groups is 1. The second-order valence-electron chi connectivity index (χ2n) is 5.04. The summed E-state index contributed by atoms with van der Waals surface area (Å²) < 4.78 is 38.1. The lowest BCUT2D eigenvalue weighted by atomic mass is 9.94. The molecule has 0 spiro atoms. The van der Waals surface area contributed by atoms with Gasteiger partial charge in [0.15, 0.2) is 0 Å². The Labute approximate surface area is 125 Å². The molecule has 114 valence electrons. The Morgan fingerprint density at radius 3 is 2.48 bits per heavy atom. The van der Waals surface area contributed by atoms with Gasteiger partial charge in [-0.1, -0.05) is 18.2 Å². The number of hydrogen-bond acceptors (Lipinski definition) is 3. The number of benzene rings is 1. The number of alkyl halides is 3. The molecule has 0 aliphatic carbocycles. The lowest BCUT2D eigenvalue weighted by Gasteiger charge is -2.25. The van der Waals surface area contributed by atoms with Crippen molar-refractivity contribution in [2.75, 3.05) is 6.54 Å². The maximum Gasteiger partial charge on any atom is 0.416 e. The maximum atomic E-state index is 12.7. The van der Waals surface area contributed by atoms with E-state index in [4.69, 9.17) is 0 Å². The first kappa shape index (κ1) is 16.0. The summed E-state index contributed by atoms with van der Waals surface area (Å²) in [6, 6.07) is 8.68. The molecule has 0 fully saturated rings. The van der Waals surface area contributed by atoms with Gasteiger partial charge in [0.25, 0.3) is 0 Å². The fraction of sp³-hybridized carbons (Fsp3) is 0.333. The van der Waals surface area contributed by atoms with E-state index in [0.29, 0.717) is 6.54 Å². The van der Waals surface area contributed by atoms with Crippen LogP contribution in [0.5, 0.6) is 0 Å². The fourth-order valence-electron chi connectivity index (χ4n) is 1.97. The monoisotopic (exact) mass is 315 g/mol. The summed E-state index contributed by atoms with van der Waals surface area (Å²) in [6.45, 7) is 2.25. The van der Waals surface area contributed by atoms with Crippen molar-refractivity contribution in [3.8, 4) is 0 Å². The van der Waals surface area contributed by atoms with Crippen LogP contribution in [0, 0.1) is 0 Å². The SMILES string of the molecule is CC(O)(CNCc1cccs1)c1cccc(C(F)(F)F)c1. The first-order valence-corrected chi connectivity index (χ1v) is 7.30. The molecule has 1 aromatic heterocycles. The molecule has 0 amide bonds. The van der Waals surface area contributed by atoms with Crippen LogP contribution in [-0.4, -0.2) is 11.7 Å². The molecule has 1 atom stereocenters. The molecule has 2 aromatic rings. The van der Waals surface area contributed by atoms with Crippen molar-refractivity contribution in [1.82, 2.24) is 5.32 Å². The van der Waals surface area contributed by atoms with Crippen molar-refractivity contribution in [1.29, 1.82) is 0 Å². The molecule has 0 bridgehead atoms. The third-order valence-corrected chi connectivity index (χ3v) is 4.04. The number of rotatable bonds is 5. The zero-order valence-corrected chi connectivity index (χ0v) is 12.3.